The molecule has 0 fully saturated rings. The molecule has 9 nitrogen and oxygen atoms in total. The van der Waals surface area contributed by atoms with E-state index in [1.807, 2.05) is 50.2 Å². The Morgan fingerprint density at radius 1 is 1.02 bits per heavy atom. The maximum absolute atomic E-state index is 12.0. The Bertz CT molecular complexity index is 2150. The van der Waals surface area contributed by atoms with Crippen LogP contribution < -0.4 is 4.74 Å². The van der Waals surface area contributed by atoms with Crippen molar-refractivity contribution in [2.75, 3.05) is 6.61 Å². The molecule has 6 aromatic rings. The van der Waals surface area contributed by atoms with E-state index in [2.05, 4.69) is 58.0 Å². The summed E-state index contributed by atoms with van der Waals surface area (Å²) in [7, 11) is 3.95. The molecule has 0 atom stereocenters. The van der Waals surface area contributed by atoms with Crippen molar-refractivity contribution in [2.45, 2.75) is 59.5 Å². The maximum atomic E-state index is 12.0. The van der Waals surface area contributed by atoms with Crippen LogP contribution in [0.2, 0.25) is 0 Å². The first-order valence-electron chi connectivity index (χ1n) is 15.9. The highest BCUT2D eigenvalue weighted by Crippen LogP contribution is 2.42. The number of benzene rings is 2. The fourth-order valence-electron chi connectivity index (χ4n) is 6.38. The van der Waals surface area contributed by atoms with Crippen LogP contribution in [0.25, 0.3) is 55.6 Å². The molecule has 0 aliphatic carbocycles. The lowest BCUT2D eigenvalue weighted by atomic mass is 9.88. The number of nitrogens with zero attached hydrogens (tertiary/aromatic N) is 5. The first-order chi connectivity index (χ1) is 22.3. The zero-order valence-electron chi connectivity index (χ0n) is 28.0. The molecule has 0 spiro atoms. The van der Waals surface area contributed by atoms with Crippen LogP contribution in [0, 0.1) is 13.8 Å². The topological polar surface area (TPSA) is 115 Å². The summed E-state index contributed by atoms with van der Waals surface area (Å²) in [5, 5.41) is 24.8. The van der Waals surface area contributed by atoms with Gasteiger partial charge in [0.1, 0.15) is 11.4 Å². The molecule has 1 aliphatic rings. The van der Waals surface area contributed by atoms with E-state index in [-0.39, 0.29) is 6.42 Å². The van der Waals surface area contributed by atoms with Crippen molar-refractivity contribution in [3.8, 4) is 39.4 Å². The monoisotopic (exact) mass is 631 g/mol. The Labute approximate surface area is 274 Å². The molecular weight excluding hydrogens is 590 g/mol. The molecule has 47 heavy (non-hydrogen) atoms. The first-order valence-corrected chi connectivity index (χ1v) is 15.9. The van der Waals surface area contributed by atoms with E-state index in [9.17, 15) is 9.90 Å². The number of rotatable bonds is 5. The highest BCUT2D eigenvalue weighted by Gasteiger charge is 2.24. The highest BCUT2D eigenvalue weighted by molar-refractivity contribution is 6.01. The number of ether oxygens (including phenoxy) is 1. The van der Waals surface area contributed by atoms with Crippen molar-refractivity contribution in [3.05, 3.63) is 83.3 Å². The summed E-state index contributed by atoms with van der Waals surface area (Å²) >= 11 is 0. The van der Waals surface area contributed by atoms with Crippen molar-refractivity contribution in [2.24, 2.45) is 14.1 Å². The molecule has 0 amide bonds. The number of fused-ring (bicyclic) bond motifs is 3. The standard InChI is InChI=1S/C34H31N5O3.C4H10O/c1-19-24-6-5-13-42-31(24)10-8-25(19)33-26(17-32(40)41)20(2)37-34-27(33)16-30(38(34)3)22-11-12-35-28(15-22)21-7-9-29-23(14-21)18-36-39(29)4;1-4(2,3)5/h7-12,14-16,18H,5-6,13,17H2,1-4H3,(H,40,41);5H,1-3H3. The van der Waals surface area contributed by atoms with Gasteiger partial charge in [-0.15, -0.1) is 0 Å². The zero-order valence-corrected chi connectivity index (χ0v) is 28.0. The molecule has 2 N–H and O–H groups in total. The summed E-state index contributed by atoms with van der Waals surface area (Å²) in [5.41, 5.74) is 11.0. The molecule has 0 bridgehead atoms. The summed E-state index contributed by atoms with van der Waals surface area (Å²) in [6.45, 7) is 9.98. The Morgan fingerprint density at radius 2 is 1.79 bits per heavy atom. The minimum atomic E-state index is -0.875. The highest BCUT2D eigenvalue weighted by atomic mass is 16.5. The minimum absolute atomic E-state index is 0.0996. The lowest BCUT2D eigenvalue weighted by Gasteiger charge is -2.23. The van der Waals surface area contributed by atoms with E-state index in [4.69, 9.17) is 14.8 Å². The molecule has 4 aromatic heterocycles. The largest absolute Gasteiger partial charge is 0.493 e. The van der Waals surface area contributed by atoms with E-state index in [1.54, 1.807) is 20.8 Å². The predicted octanol–water partition coefficient (Wildman–Crippen LogP) is 7.20. The molecule has 9 heteroatoms. The molecule has 0 unspecified atom stereocenters. The molecule has 2 aromatic carbocycles. The quantitative estimate of drug-likeness (QED) is 0.207. The SMILES string of the molecule is CC(C)(C)O.Cc1nc2c(cc(-c3ccnc(-c4ccc5c(cnn5C)c4)c3)n2C)c(-c2ccc3c(c2C)CCCO3)c1CC(=O)O. The van der Waals surface area contributed by atoms with Crippen molar-refractivity contribution >= 4 is 27.9 Å². The van der Waals surface area contributed by atoms with Crippen LogP contribution in [0.4, 0.5) is 0 Å². The second-order valence-electron chi connectivity index (χ2n) is 13.3. The molecule has 0 saturated carbocycles. The molecule has 7 rings (SSSR count). The van der Waals surface area contributed by atoms with Crippen molar-refractivity contribution in [1.29, 1.82) is 0 Å². The lowest BCUT2D eigenvalue weighted by Crippen LogP contribution is -2.11. The van der Waals surface area contributed by atoms with Crippen LogP contribution in [0.3, 0.4) is 0 Å². The second kappa shape index (κ2) is 12.3. The predicted molar refractivity (Wildman–Crippen MR) is 186 cm³/mol. The summed E-state index contributed by atoms with van der Waals surface area (Å²) in [6, 6.07) is 16.6. The number of aromatic nitrogens is 5. The van der Waals surface area contributed by atoms with Crippen LogP contribution in [-0.4, -0.2) is 52.7 Å². The molecule has 0 saturated heterocycles. The number of hydrogen-bond acceptors (Lipinski definition) is 6. The lowest BCUT2D eigenvalue weighted by molar-refractivity contribution is -0.136. The minimum Gasteiger partial charge on any atom is -0.493 e. The third-order valence-corrected chi connectivity index (χ3v) is 8.56. The number of aryl methyl sites for hydroxylation is 3. The fraction of sp³-hybridized carbons (Fsp3) is 0.316. The Hall–Kier alpha value is -5.02. The number of carbonyl (C=O) groups is 1. The third kappa shape index (κ3) is 6.36. The van der Waals surface area contributed by atoms with Gasteiger partial charge in [-0.3, -0.25) is 14.5 Å². The average molecular weight is 632 g/mol. The molecule has 242 valence electrons. The number of carboxylic acid groups (broad SMARTS) is 1. The van der Waals surface area contributed by atoms with E-state index in [1.165, 1.54) is 5.56 Å². The molecule has 0 radical (unpaired) electrons. The van der Waals surface area contributed by atoms with Crippen LogP contribution in [0.15, 0.2) is 60.9 Å². The van der Waals surface area contributed by atoms with Gasteiger partial charge in [0.15, 0.2) is 0 Å². The van der Waals surface area contributed by atoms with Gasteiger partial charge in [0.2, 0.25) is 0 Å². The van der Waals surface area contributed by atoms with Crippen LogP contribution in [0.5, 0.6) is 5.75 Å². The third-order valence-electron chi connectivity index (χ3n) is 8.56. The van der Waals surface area contributed by atoms with Gasteiger partial charge in [-0.1, -0.05) is 12.1 Å². The van der Waals surface area contributed by atoms with E-state index in [0.29, 0.717) is 0 Å². The second-order valence-corrected chi connectivity index (χ2v) is 13.3. The average Bonchev–Trinajstić information content (AvgIpc) is 3.56. The molecule has 5 heterocycles. The van der Waals surface area contributed by atoms with E-state index >= 15 is 0 Å². The van der Waals surface area contributed by atoms with Crippen molar-refractivity contribution in [3.63, 3.8) is 0 Å². The molecule has 1 aliphatic heterocycles. The molecular formula is C38H41N5O4. The smallest absolute Gasteiger partial charge is 0.307 e. The number of aliphatic hydroxyl groups is 1. The summed E-state index contributed by atoms with van der Waals surface area (Å²) in [6.07, 6.45) is 5.51. The van der Waals surface area contributed by atoms with Crippen LogP contribution >= 0.6 is 0 Å². The zero-order chi connectivity index (χ0) is 33.6. The van der Waals surface area contributed by atoms with E-state index < -0.39 is 11.6 Å². The maximum Gasteiger partial charge on any atom is 0.307 e. The fourth-order valence-corrected chi connectivity index (χ4v) is 6.38. The normalized spacial score (nSPS) is 12.9. The van der Waals surface area contributed by atoms with Gasteiger partial charge in [0.25, 0.3) is 0 Å². The summed E-state index contributed by atoms with van der Waals surface area (Å²) in [4.78, 5) is 21.7. The first kappa shape index (κ1) is 31.9. The van der Waals surface area contributed by atoms with Crippen LogP contribution in [0.1, 0.15) is 49.6 Å². The van der Waals surface area contributed by atoms with Crippen LogP contribution in [-0.2, 0) is 31.7 Å². The number of carboxylic acids is 1. The summed E-state index contributed by atoms with van der Waals surface area (Å²) in [5.74, 6) is 0.0480. The Balaban J connectivity index is 0.000000720. The van der Waals surface area contributed by atoms with Crippen molar-refractivity contribution < 1.29 is 19.7 Å². The van der Waals surface area contributed by atoms with Gasteiger partial charge in [-0.2, -0.15) is 5.10 Å². The number of aliphatic carboxylic acids is 1. The Morgan fingerprint density at radius 3 is 2.53 bits per heavy atom. The number of pyridine rings is 2. The van der Waals surface area contributed by atoms with Crippen molar-refractivity contribution in [1.82, 2.24) is 24.3 Å². The number of hydrogen-bond donors (Lipinski definition) is 2. The van der Waals surface area contributed by atoms with E-state index in [0.717, 1.165) is 97.6 Å². The van der Waals surface area contributed by atoms with Gasteiger partial charge in [0, 0.05) is 47.9 Å². The van der Waals surface area contributed by atoms with Gasteiger partial charge >= 0.3 is 5.97 Å². The van der Waals surface area contributed by atoms with Gasteiger partial charge in [0.05, 0.1) is 41.7 Å². The summed E-state index contributed by atoms with van der Waals surface area (Å²) < 4.78 is 9.89. The van der Waals surface area contributed by atoms with Gasteiger partial charge < -0.3 is 19.5 Å². The van der Waals surface area contributed by atoms with Gasteiger partial charge in [-0.05, 0) is 112 Å². The Kier molecular flexibility index (Phi) is 8.36. The van der Waals surface area contributed by atoms with Gasteiger partial charge in [-0.25, -0.2) is 4.98 Å².